The van der Waals surface area contributed by atoms with Gasteiger partial charge in [-0.2, -0.15) is 5.10 Å². The molecule has 0 radical (unpaired) electrons. The number of aliphatic imine (C=N–C) groups is 1. The van der Waals surface area contributed by atoms with E-state index in [-0.39, 0.29) is 29.7 Å². The third kappa shape index (κ3) is 7.90. The summed E-state index contributed by atoms with van der Waals surface area (Å²) in [5, 5.41) is 7.68. The van der Waals surface area contributed by atoms with Gasteiger partial charge in [-0.15, -0.1) is 24.0 Å². The minimum atomic E-state index is -3.16. The van der Waals surface area contributed by atoms with Crippen molar-refractivity contribution in [3.8, 4) is 0 Å². The minimum Gasteiger partial charge on any atom is -0.355 e. The molecule has 0 saturated carbocycles. The maximum absolute atomic E-state index is 11.4. The van der Waals surface area contributed by atoms with Crippen molar-refractivity contribution < 1.29 is 8.42 Å². The van der Waals surface area contributed by atoms with Crippen molar-refractivity contribution in [2.75, 3.05) is 32.9 Å². The maximum Gasteiger partial charge on any atom is 0.211 e. The molecule has 10 heteroatoms. The molecule has 1 aromatic heterocycles. The van der Waals surface area contributed by atoms with Crippen molar-refractivity contribution in [1.29, 1.82) is 0 Å². The highest BCUT2D eigenvalue weighted by Crippen LogP contribution is 2.18. The molecule has 0 aromatic carbocycles. The van der Waals surface area contributed by atoms with Crippen molar-refractivity contribution in [2.45, 2.75) is 33.2 Å². The van der Waals surface area contributed by atoms with Gasteiger partial charge in [0.25, 0.3) is 0 Å². The molecule has 2 N–H and O–H groups in total. The Hall–Kier alpha value is -0.880. The van der Waals surface area contributed by atoms with Gasteiger partial charge in [-0.05, 0) is 12.8 Å². The van der Waals surface area contributed by atoms with E-state index in [1.54, 1.807) is 14.0 Å². The van der Waals surface area contributed by atoms with E-state index < -0.39 is 10.0 Å². The van der Waals surface area contributed by atoms with Gasteiger partial charge in [0.15, 0.2) is 5.96 Å². The summed E-state index contributed by atoms with van der Waals surface area (Å²) in [6, 6.07) is 0. The second kappa shape index (κ2) is 11.0. The number of guanidine groups is 1. The highest BCUT2D eigenvalue weighted by molar-refractivity contribution is 14.0. The van der Waals surface area contributed by atoms with Gasteiger partial charge in [-0.3, -0.25) is 9.67 Å². The maximum atomic E-state index is 11.4. The Morgan fingerprint density at radius 3 is 2.56 bits per heavy atom. The number of rotatable bonds is 8. The van der Waals surface area contributed by atoms with Gasteiger partial charge in [0.1, 0.15) is 0 Å². The number of sulfonamides is 1. The summed E-state index contributed by atoms with van der Waals surface area (Å²) in [6.45, 7) is 7.34. The normalized spacial score (nSPS) is 12.2. The fourth-order valence-corrected chi connectivity index (χ4v) is 2.98. The summed E-state index contributed by atoms with van der Waals surface area (Å²) in [7, 11) is 2.42. The van der Waals surface area contributed by atoms with Crippen molar-refractivity contribution in [3.05, 3.63) is 17.5 Å². The fourth-order valence-electron chi connectivity index (χ4n) is 2.36. The van der Waals surface area contributed by atoms with Gasteiger partial charge in [0.05, 0.1) is 11.4 Å². The SMILES string of the molecule is CCS(=O)(=O)NCCNC(=NC)N(C)Cc1cn(C)nc1C(C)C.I. The fraction of sp³-hybridized carbons (Fsp3) is 0.733. The van der Waals surface area contributed by atoms with E-state index in [1.807, 2.05) is 29.9 Å². The summed E-state index contributed by atoms with van der Waals surface area (Å²) in [4.78, 5) is 6.24. The molecule has 0 aliphatic heterocycles. The molecular formula is C15H31IN6O2S. The molecule has 0 amide bonds. The molecule has 0 spiro atoms. The minimum absolute atomic E-state index is 0. The van der Waals surface area contributed by atoms with Gasteiger partial charge in [-0.1, -0.05) is 13.8 Å². The van der Waals surface area contributed by atoms with E-state index in [0.717, 1.165) is 11.3 Å². The van der Waals surface area contributed by atoms with Crippen LogP contribution in [0.3, 0.4) is 0 Å². The van der Waals surface area contributed by atoms with Gasteiger partial charge < -0.3 is 10.2 Å². The van der Waals surface area contributed by atoms with Crippen LogP contribution >= 0.6 is 24.0 Å². The number of hydrogen-bond donors (Lipinski definition) is 2. The van der Waals surface area contributed by atoms with E-state index in [2.05, 4.69) is 34.0 Å². The molecule has 0 fully saturated rings. The Bertz CT molecular complexity index is 657. The molecule has 0 saturated heterocycles. The molecular weight excluding hydrogens is 455 g/mol. The second-order valence-electron chi connectivity index (χ2n) is 6.00. The lowest BCUT2D eigenvalue weighted by molar-refractivity contribution is 0.473. The molecule has 8 nitrogen and oxygen atoms in total. The standard InChI is InChI=1S/C15H30N6O2S.HI/c1-7-24(22,23)18-9-8-17-15(16-4)20(5)10-13-11-21(6)19-14(13)12(2)3;/h11-12,18H,7-10H2,1-6H3,(H,16,17);1H. The van der Waals surface area contributed by atoms with E-state index >= 15 is 0 Å². The van der Waals surface area contributed by atoms with Crippen LogP contribution in [-0.4, -0.2) is 62.0 Å². The summed E-state index contributed by atoms with van der Waals surface area (Å²) in [5.41, 5.74) is 2.24. The third-order valence-corrected chi connectivity index (χ3v) is 4.98. The van der Waals surface area contributed by atoms with Crippen LogP contribution in [0.2, 0.25) is 0 Å². The zero-order valence-electron chi connectivity index (χ0n) is 15.9. The van der Waals surface area contributed by atoms with Gasteiger partial charge in [-0.25, -0.2) is 13.1 Å². The average molecular weight is 486 g/mol. The van der Waals surface area contributed by atoms with Gasteiger partial charge in [0, 0.05) is 52.5 Å². The third-order valence-electron chi connectivity index (χ3n) is 3.58. The van der Waals surface area contributed by atoms with Crippen LogP contribution in [0.5, 0.6) is 0 Å². The Morgan fingerprint density at radius 2 is 2.04 bits per heavy atom. The molecule has 1 heterocycles. The first-order valence-corrected chi connectivity index (χ1v) is 9.77. The van der Waals surface area contributed by atoms with Gasteiger partial charge >= 0.3 is 0 Å². The predicted octanol–water partition coefficient (Wildman–Crippen LogP) is 1.11. The number of aromatic nitrogens is 2. The first kappa shape index (κ1) is 24.1. The summed E-state index contributed by atoms with van der Waals surface area (Å²) >= 11 is 0. The second-order valence-corrected chi connectivity index (χ2v) is 8.09. The van der Waals surface area contributed by atoms with Crippen molar-refractivity contribution >= 4 is 40.0 Å². The first-order chi connectivity index (χ1) is 11.2. The average Bonchev–Trinajstić information content (AvgIpc) is 2.88. The zero-order valence-corrected chi connectivity index (χ0v) is 19.1. The van der Waals surface area contributed by atoms with Crippen molar-refractivity contribution in [3.63, 3.8) is 0 Å². The smallest absolute Gasteiger partial charge is 0.211 e. The summed E-state index contributed by atoms with van der Waals surface area (Å²) < 4.78 is 27.2. The topological polar surface area (TPSA) is 91.6 Å². The Kier molecular flexibility index (Phi) is 10.6. The van der Waals surface area contributed by atoms with E-state index in [4.69, 9.17) is 0 Å². The van der Waals surface area contributed by atoms with Crippen LogP contribution in [0, 0.1) is 0 Å². The first-order valence-electron chi connectivity index (χ1n) is 8.11. The number of halogens is 1. The number of nitrogens with zero attached hydrogens (tertiary/aromatic N) is 4. The molecule has 146 valence electrons. The Labute approximate surface area is 168 Å². The number of nitrogens with one attached hydrogen (secondary N) is 2. The van der Waals surface area contributed by atoms with Gasteiger partial charge in [0.2, 0.25) is 10.0 Å². The van der Waals surface area contributed by atoms with E-state index in [9.17, 15) is 8.42 Å². The molecule has 0 unspecified atom stereocenters. The Morgan fingerprint density at radius 1 is 1.40 bits per heavy atom. The Balaban J connectivity index is 0.00000576. The monoisotopic (exact) mass is 486 g/mol. The number of aryl methyl sites for hydroxylation is 1. The van der Waals surface area contributed by atoms with E-state index in [1.165, 1.54) is 0 Å². The predicted molar refractivity (Wildman–Crippen MR) is 113 cm³/mol. The lowest BCUT2D eigenvalue weighted by Gasteiger charge is -2.22. The molecule has 0 aliphatic carbocycles. The summed E-state index contributed by atoms with van der Waals surface area (Å²) in [5.74, 6) is 1.15. The number of hydrogen-bond acceptors (Lipinski definition) is 4. The molecule has 1 aromatic rings. The molecule has 0 aliphatic rings. The zero-order chi connectivity index (χ0) is 18.3. The van der Waals surface area contributed by atoms with Crippen LogP contribution in [0.25, 0.3) is 0 Å². The lowest BCUT2D eigenvalue weighted by atomic mass is 10.1. The largest absolute Gasteiger partial charge is 0.355 e. The van der Waals surface area contributed by atoms with Crippen LogP contribution in [-0.2, 0) is 23.6 Å². The molecule has 25 heavy (non-hydrogen) atoms. The molecule has 0 atom stereocenters. The van der Waals surface area contributed by atoms with Crippen LogP contribution in [0.4, 0.5) is 0 Å². The van der Waals surface area contributed by atoms with Crippen LogP contribution < -0.4 is 10.0 Å². The quantitative estimate of drug-likeness (QED) is 0.249. The molecule has 1 rings (SSSR count). The highest BCUT2D eigenvalue weighted by Gasteiger charge is 2.15. The molecule has 0 bridgehead atoms. The van der Waals surface area contributed by atoms with Crippen molar-refractivity contribution in [1.82, 2.24) is 24.7 Å². The lowest BCUT2D eigenvalue weighted by Crippen LogP contribution is -2.42. The summed E-state index contributed by atoms with van der Waals surface area (Å²) in [6.07, 6.45) is 2.02. The van der Waals surface area contributed by atoms with E-state index in [0.29, 0.717) is 31.5 Å². The van der Waals surface area contributed by atoms with Crippen LogP contribution in [0.1, 0.15) is 37.9 Å². The highest BCUT2D eigenvalue weighted by atomic mass is 127. The van der Waals surface area contributed by atoms with Crippen molar-refractivity contribution in [2.24, 2.45) is 12.0 Å². The van der Waals surface area contributed by atoms with Crippen LogP contribution in [0.15, 0.2) is 11.2 Å².